The number of H-pyrrole nitrogens is 1. The fourth-order valence-corrected chi connectivity index (χ4v) is 2.71. The number of fused-ring (bicyclic) bond motifs is 1. The number of amides is 2. The number of pyridine rings is 1. The van der Waals surface area contributed by atoms with Gasteiger partial charge >= 0.3 is 0 Å². The molecule has 0 radical (unpaired) electrons. The monoisotopic (exact) mass is 319 g/mol. The van der Waals surface area contributed by atoms with Crippen molar-refractivity contribution in [3.63, 3.8) is 0 Å². The number of aromatic amines is 1. The second-order valence-electron chi connectivity index (χ2n) is 5.41. The van der Waals surface area contributed by atoms with E-state index in [9.17, 15) is 9.59 Å². The lowest BCUT2D eigenvalue weighted by Gasteiger charge is -2.12. The summed E-state index contributed by atoms with van der Waals surface area (Å²) in [6.45, 7) is 0.261. The molecular weight excluding hydrogens is 306 g/mol. The maximum absolute atomic E-state index is 12.3. The zero-order valence-electron chi connectivity index (χ0n) is 12.6. The predicted molar refractivity (Wildman–Crippen MR) is 85.1 cm³/mol. The van der Waals surface area contributed by atoms with Crippen LogP contribution >= 0.6 is 0 Å². The van der Waals surface area contributed by atoms with Gasteiger partial charge in [0.05, 0.1) is 11.1 Å². The number of hydrogen-bond acceptors (Lipinski definition) is 5. The van der Waals surface area contributed by atoms with Gasteiger partial charge in [-0.1, -0.05) is 12.1 Å². The van der Waals surface area contributed by atoms with E-state index in [1.54, 1.807) is 36.7 Å². The Bertz CT molecular complexity index is 884. The lowest BCUT2D eigenvalue weighted by molar-refractivity contribution is 0.0655. The van der Waals surface area contributed by atoms with Crippen LogP contribution in [0, 0.1) is 0 Å². The third-order valence-corrected chi connectivity index (χ3v) is 3.94. The summed E-state index contributed by atoms with van der Waals surface area (Å²) in [5.74, 6) is 0.738. The van der Waals surface area contributed by atoms with E-state index in [-0.39, 0.29) is 18.4 Å². The second kappa shape index (κ2) is 5.69. The Kier molecular flexibility index (Phi) is 3.38. The average Bonchev–Trinajstić information content (AvgIpc) is 3.19. The predicted octanol–water partition coefficient (Wildman–Crippen LogP) is 1.71. The summed E-state index contributed by atoms with van der Waals surface area (Å²) in [5.41, 5.74) is 1.79. The van der Waals surface area contributed by atoms with E-state index in [2.05, 4.69) is 20.2 Å². The van der Waals surface area contributed by atoms with E-state index in [0.29, 0.717) is 29.2 Å². The molecule has 0 unspecified atom stereocenters. The van der Waals surface area contributed by atoms with Crippen molar-refractivity contribution >= 4 is 11.8 Å². The minimum Gasteiger partial charge on any atom is -0.325 e. The molecule has 0 aliphatic carbocycles. The van der Waals surface area contributed by atoms with Gasteiger partial charge in [-0.25, -0.2) is 0 Å². The summed E-state index contributed by atoms with van der Waals surface area (Å²) in [4.78, 5) is 32.9. The molecule has 1 N–H and O–H groups in total. The Hall–Kier alpha value is -3.35. The van der Waals surface area contributed by atoms with Gasteiger partial charge in [-0.2, -0.15) is 0 Å². The molecule has 0 saturated carbocycles. The van der Waals surface area contributed by atoms with Crippen LogP contribution in [0.3, 0.4) is 0 Å². The first-order valence-corrected chi connectivity index (χ1v) is 7.51. The van der Waals surface area contributed by atoms with E-state index in [1.165, 1.54) is 4.90 Å². The Labute approximate surface area is 137 Å². The van der Waals surface area contributed by atoms with Crippen LogP contribution in [0.15, 0.2) is 48.8 Å². The molecule has 7 nitrogen and oxygen atoms in total. The number of carbonyl (C=O) groups is 2. The average molecular weight is 319 g/mol. The highest BCUT2D eigenvalue weighted by atomic mass is 16.2. The third-order valence-electron chi connectivity index (χ3n) is 3.94. The minimum atomic E-state index is -0.260. The quantitative estimate of drug-likeness (QED) is 0.739. The molecule has 24 heavy (non-hydrogen) atoms. The van der Waals surface area contributed by atoms with E-state index in [4.69, 9.17) is 0 Å². The molecule has 1 aliphatic rings. The first kappa shape index (κ1) is 14.3. The summed E-state index contributed by atoms with van der Waals surface area (Å²) < 4.78 is 0. The number of nitrogens with one attached hydrogen (secondary N) is 1. The maximum Gasteiger partial charge on any atom is 0.261 e. The lowest BCUT2D eigenvalue weighted by Crippen LogP contribution is -2.31. The summed E-state index contributed by atoms with van der Waals surface area (Å²) >= 11 is 0. The van der Waals surface area contributed by atoms with E-state index in [1.807, 2.05) is 12.1 Å². The van der Waals surface area contributed by atoms with Crippen molar-refractivity contribution in [3.8, 4) is 11.4 Å². The van der Waals surface area contributed by atoms with Crippen molar-refractivity contribution in [3.05, 3.63) is 65.7 Å². The van der Waals surface area contributed by atoms with E-state index >= 15 is 0 Å². The number of rotatable bonds is 4. The molecule has 0 spiro atoms. The molecule has 0 atom stereocenters. The molecule has 3 heterocycles. The summed E-state index contributed by atoms with van der Waals surface area (Å²) in [5, 5.41) is 8.17. The molecule has 2 aromatic heterocycles. The second-order valence-corrected chi connectivity index (χ2v) is 5.41. The van der Waals surface area contributed by atoms with Gasteiger partial charge in [0, 0.05) is 30.9 Å². The van der Waals surface area contributed by atoms with Crippen molar-refractivity contribution < 1.29 is 9.59 Å². The smallest absolute Gasteiger partial charge is 0.261 e. The zero-order valence-corrected chi connectivity index (χ0v) is 12.6. The molecule has 2 amide bonds. The van der Waals surface area contributed by atoms with Gasteiger partial charge in [0.25, 0.3) is 11.8 Å². The Morgan fingerprint density at radius 1 is 0.917 bits per heavy atom. The van der Waals surface area contributed by atoms with Crippen LogP contribution in [0.5, 0.6) is 0 Å². The molecule has 0 saturated heterocycles. The number of hydrogen-bond donors (Lipinski definition) is 1. The molecule has 3 aromatic rings. The highest BCUT2D eigenvalue weighted by Crippen LogP contribution is 2.22. The van der Waals surface area contributed by atoms with Crippen LogP contribution in [0.25, 0.3) is 11.4 Å². The fourth-order valence-electron chi connectivity index (χ4n) is 2.71. The molecule has 0 bridgehead atoms. The number of nitrogens with zero attached hydrogens (tertiary/aromatic N) is 4. The third kappa shape index (κ3) is 2.36. The van der Waals surface area contributed by atoms with Crippen molar-refractivity contribution in [1.82, 2.24) is 25.1 Å². The molecule has 1 aromatic carbocycles. The van der Waals surface area contributed by atoms with Crippen LogP contribution in [0.4, 0.5) is 0 Å². The fraction of sp³-hybridized carbons (Fsp3) is 0.118. The highest BCUT2D eigenvalue weighted by Gasteiger charge is 2.34. The van der Waals surface area contributed by atoms with Crippen LogP contribution < -0.4 is 0 Å². The maximum atomic E-state index is 12.3. The van der Waals surface area contributed by atoms with Gasteiger partial charge in [0.15, 0.2) is 5.82 Å². The highest BCUT2D eigenvalue weighted by molar-refractivity contribution is 6.21. The zero-order chi connectivity index (χ0) is 16.5. The van der Waals surface area contributed by atoms with Crippen molar-refractivity contribution in [2.75, 3.05) is 6.54 Å². The first-order chi connectivity index (χ1) is 11.7. The van der Waals surface area contributed by atoms with Crippen molar-refractivity contribution in [2.45, 2.75) is 6.42 Å². The van der Waals surface area contributed by atoms with Crippen molar-refractivity contribution in [1.29, 1.82) is 0 Å². The Balaban J connectivity index is 1.48. The van der Waals surface area contributed by atoms with Crippen molar-refractivity contribution in [2.24, 2.45) is 0 Å². The number of aromatic nitrogens is 4. The summed E-state index contributed by atoms with van der Waals surface area (Å²) in [6, 6.07) is 10.5. The Morgan fingerprint density at radius 3 is 2.25 bits per heavy atom. The van der Waals surface area contributed by atoms with Gasteiger partial charge in [-0.15, -0.1) is 10.2 Å². The normalized spacial score (nSPS) is 13.4. The van der Waals surface area contributed by atoms with E-state index < -0.39 is 0 Å². The topological polar surface area (TPSA) is 91.8 Å². The molecule has 4 rings (SSSR count). The van der Waals surface area contributed by atoms with Gasteiger partial charge in [0.2, 0.25) is 0 Å². The summed E-state index contributed by atoms with van der Waals surface area (Å²) in [6.07, 6.45) is 3.77. The lowest BCUT2D eigenvalue weighted by atomic mass is 10.1. The first-order valence-electron chi connectivity index (χ1n) is 7.51. The van der Waals surface area contributed by atoms with E-state index in [0.717, 1.165) is 5.56 Å². The van der Waals surface area contributed by atoms with Gasteiger partial charge in [-0.3, -0.25) is 19.5 Å². The van der Waals surface area contributed by atoms with Gasteiger partial charge in [0.1, 0.15) is 5.82 Å². The minimum absolute atomic E-state index is 0.260. The molecule has 118 valence electrons. The number of benzene rings is 1. The van der Waals surface area contributed by atoms with Gasteiger partial charge < -0.3 is 4.98 Å². The molecular formula is C17H13N5O2. The number of carbonyl (C=O) groups excluding carboxylic acids is 2. The van der Waals surface area contributed by atoms with Gasteiger partial charge in [-0.05, 0) is 24.3 Å². The molecule has 1 aliphatic heterocycles. The van der Waals surface area contributed by atoms with Crippen LogP contribution in [-0.2, 0) is 6.42 Å². The Morgan fingerprint density at radius 2 is 1.58 bits per heavy atom. The summed E-state index contributed by atoms with van der Waals surface area (Å²) in [7, 11) is 0. The standard InChI is InChI=1S/C17H13N5O2/c23-16-12-3-1-2-4-13(12)17(24)22(16)10-7-14-19-15(21-20-14)11-5-8-18-9-6-11/h1-6,8-9H,7,10H2,(H,19,20,21). The molecule has 7 heteroatoms. The number of imide groups is 1. The van der Waals surface area contributed by atoms with Crippen LogP contribution in [0.1, 0.15) is 26.5 Å². The molecule has 0 fully saturated rings. The van der Waals surface area contributed by atoms with Crippen LogP contribution in [0.2, 0.25) is 0 Å². The van der Waals surface area contributed by atoms with Crippen LogP contribution in [-0.4, -0.2) is 43.4 Å². The SMILES string of the molecule is O=C1c2ccccc2C(=O)N1CCc1nnc(-c2ccncc2)[nH]1. The largest absolute Gasteiger partial charge is 0.325 e.